The van der Waals surface area contributed by atoms with E-state index in [1.165, 1.54) is 0 Å². The molecule has 6 nitrogen and oxygen atoms in total. The lowest BCUT2D eigenvalue weighted by Gasteiger charge is -2.13. The molecule has 0 spiro atoms. The molecular weight excluding hydrogens is 280 g/mol. The monoisotopic (exact) mass is 296 g/mol. The maximum atomic E-state index is 5.86. The van der Waals surface area contributed by atoms with Crippen LogP contribution < -0.4 is 10.1 Å². The van der Waals surface area contributed by atoms with Crippen LogP contribution in [0, 0.1) is 6.92 Å². The van der Waals surface area contributed by atoms with Gasteiger partial charge < -0.3 is 14.5 Å². The second-order valence-electron chi connectivity index (χ2n) is 4.69. The Kier molecular flexibility index (Phi) is 4.44. The highest BCUT2D eigenvalue weighted by Gasteiger charge is 2.13. The number of nitrogens with one attached hydrogen (secondary N) is 1. The minimum Gasteiger partial charge on any atom is -0.464 e. The Balaban J connectivity index is 2.14. The lowest BCUT2D eigenvalue weighted by molar-refractivity contribution is 0.222. The Bertz CT molecular complexity index is 586. The van der Waals surface area contributed by atoms with Crippen LogP contribution in [0.5, 0.6) is 6.01 Å². The number of anilines is 1. The molecule has 0 amide bonds. The molecule has 1 N–H and O–H groups in total. The summed E-state index contributed by atoms with van der Waals surface area (Å²) in [4.78, 5) is 12.1. The molecule has 0 saturated carbocycles. The van der Waals surface area contributed by atoms with E-state index in [4.69, 9.17) is 20.8 Å². The zero-order chi connectivity index (χ0) is 14.7. The molecule has 0 fully saturated rings. The van der Waals surface area contributed by atoms with Crippen molar-refractivity contribution in [2.24, 2.45) is 0 Å². The number of nitrogens with zero attached hydrogens (tertiary/aromatic N) is 3. The smallest absolute Gasteiger partial charge is 0.322 e. The number of halogens is 1. The molecule has 108 valence electrons. The highest BCUT2D eigenvalue weighted by molar-refractivity contribution is 6.28. The van der Waals surface area contributed by atoms with Crippen LogP contribution in [-0.4, -0.2) is 21.1 Å². The van der Waals surface area contributed by atoms with Gasteiger partial charge in [0.1, 0.15) is 11.5 Å². The van der Waals surface area contributed by atoms with Gasteiger partial charge in [-0.25, -0.2) is 0 Å². The summed E-state index contributed by atoms with van der Waals surface area (Å²) < 4.78 is 11.0. The van der Waals surface area contributed by atoms with Crippen molar-refractivity contribution in [3.05, 3.63) is 28.9 Å². The maximum absolute atomic E-state index is 5.86. The Morgan fingerprint density at radius 2 is 1.95 bits per heavy atom. The van der Waals surface area contributed by atoms with Crippen LogP contribution in [0.2, 0.25) is 5.28 Å². The third-order valence-electron chi connectivity index (χ3n) is 2.46. The van der Waals surface area contributed by atoms with E-state index in [1.807, 2.05) is 39.8 Å². The third-order valence-corrected chi connectivity index (χ3v) is 2.63. The van der Waals surface area contributed by atoms with Crippen LogP contribution in [0.1, 0.15) is 38.3 Å². The van der Waals surface area contributed by atoms with Crippen molar-refractivity contribution in [1.29, 1.82) is 0 Å². The molecule has 0 radical (unpaired) electrons. The van der Waals surface area contributed by atoms with Crippen LogP contribution in [-0.2, 0) is 0 Å². The number of rotatable bonds is 5. The van der Waals surface area contributed by atoms with Crippen molar-refractivity contribution in [3.8, 4) is 6.01 Å². The molecule has 2 aromatic rings. The highest BCUT2D eigenvalue weighted by atomic mass is 35.5. The van der Waals surface area contributed by atoms with E-state index in [2.05, 4.69) is 20.3 Å². The molecular formula is C13H17ClN4O2. The molecule has 0 aliphatic rings. The summed E-state index contributed by atoms with van der Waals surface area (Å²) in [7, 11) is 0. The van der Waals surface area contributed by atoms with Crippen LogP contribution >= 0.6 is 11.6 Å². The quantitative estimate of drug-likeness (QED) is 0.911. The van der Waals surface area contributed by atoms with Crippen molar-refractivity contribution >= 4 is 17.5 Å². The van der Waals surface area contributed by atoms with Crippen molar-refractivity contribution in [1.82, 2.24) is 15.0 Å². The average Bonchev–Trinajstić information content (AvgIpc) is 2.74. The van der Waals surface area contributed by atoms with Crippen LogP contribution in [0.3, 0.4) is 0 Å². The number of hydrogen-bond acceptors (Lipinski definition) is 6. The first-order valence-electron chi connectivity index (χ1n) is 6.35. The van der Waals surface area contributed by atoms with E-state index in [1.54, 1.807) is 0 Å². The molecule has 20 heavy (non-hydrogen) atoms. The first-order valence-corrected chi connectivity index (χ1v) is 6.73. The van der Waals surface area contributed by atoms with E-state index >= 15 is 0 Å². The molecule has 2 aromatic heterocycles. The fourth-order valence-electron chi connectivity index (χ4n) is 1.61. The van der Waals surface area contributed by atoms with E-state index in [9.17, 15) is 0 Å². The van der Waals surface area contributed by atoms with E-state index in [0.29, 0.717) is 5.95 Å². The van der Waals surface area contributed by atoms with Crippen LogP contribution in [0.4, 0.5) is 5.95 Å². The molecule has 1 unspecified atom stereocenters. The van der Waals surface area contributed by atoms with Crippen molar-refractivity contribution in [3.63, 3.8) is 0 Å². The standard InChI is InChI=1S/C13H17ClN4O2/c1-7(2)19-13-17-11(14)16-12(18-13)15-9(4)10-6-5-8(3)20-10/h5-7,9H,1-4H3,(H,15,16,17,18). The van der Waals surface area contributed by atoms with Gasteiger partial charge >= 0.3 is 6.01 Å². The summed E-state index contributed by atoms with van der Waals surface area (Å²) in [5.41, 5.74) is 0. The molecule has 7 heteroatoms. The Morgan fingerprint density at radius 3 is 2.55 bits per heavy atom. The van der Waals surface area contributed by atoms with Crippen LogP contribution in [0.15, 0.2) is 16.5 Å². The first kappa shape index (κ1) is 14.6. The summed E-state index contributed by atoms with van der Waals surface area (Å²) in [5.74, 6) is 2.00. The van der Waals surface area contributed by atoms with Crippen molar-refractivity contribution in [2.75, 3.05) is 5.32 Å². The minimum atomic E-state index is -0.0888. The third kappa shape index (κ3) is 3.84. The fourth-order valence-corrected chi connectivity index (χ4v) is 1.76. The second kappa shape index (κ2) is 6.09. The molecule has 0 aromatic carbocycles. The second-order valence-corrected chi connectivity index (χ2v) is 5.03. The lowest BCUT2D eigenvalue weighted by atomic mass is 10.2. The van der Waals surface area contributed by atoms with E-state index in [-0.39, 0.29) is 23.4 Å². The fraction of sp³-hybridized carbons (Fsp3) is 0.462. The number of ether oxygens (including phenoxy) is 1. The van der Waals surface area contributed by atoms with Gasteiger partial charge in [0.25, 0.3) is 0 Å². The first-order chi connectivity index (χ1) is 9.44. The van der Waals surface area contributed by atoms with Crippen molar-refractivity contribution in [2.45, 2.75) is 39.8 Å². The summed E-state index contributed by atoms with van der Waals surface area (Å²) in [5, 5.41) is 3.19. The molecule has 2 rings (SSSR count). The van der Waals surface area contributed by atoms with Gasteiger partial charge in [-0.15, -0.1) is 0 Å². The minimum absolute atomic E-state index is 0.0357. The van der Waals surface area contributed by atoms with E-state index < -0.39 is 0 Å². The molecule has 2 heterocycles. The Morgan fingerprint density at radius 1 is 1.20 bits per heavy atom. The SMILES string of the molecule is Cc1ccc(C(C)Nc2nc(Cl)nc(OC(C)C)n2)o1. The molecule has 0 aliphatic carbocycles. The van der Waals surface area contributed by atoms with Gasteiger partial charge in [-0.2, -0.15) is 15.0 Å². The van der Waals surface area contributed by atoms with Gasteiger partial charge in [-0.3, -0.25) is 0 Å². The number of furan rings is 1. The normalized spacial score (nSPS) is 12.5. The molecule has 0 bridgehead atoms. The number of hydrogen-bond donors (Lipinski definition) is 1. The van der Waals surface area contributed by atoms with Gasteiger partial charge in [-0.05, 0) is 51.4 Å². The summed E-state index contributed by atoms with van der Waals surface area (Å²) in [6.07, 6.45) is -0.0357. The molecule has 1 atom stereocenters. The number of aromatic nitrogens is 3. The van der Waals surface area contributed by atoms with Gasteiger partial charge in [-0.1, -0.05) is 0 Å². The van der Waals surface area contributed by atoms with Crippen LogP contribution in [0.25, 0.3) is 0 Å². The highest BCUT2D eigenvalue weighted by Crippen LogP contribution is 2.21. The summed E-state index contributed by atoms with van der Waals surface area (Å²) in [6, 6.07) is 3.92. The molecule has 0 saturated heterocycles. The predicted molar refractivity (Wildman–Crippen MR) is 76.1 cm³/mol. The Hall–Kier alpha value is -1.82. The maximum Gasteiger partial charge on any atom is 0.322 e. The van der Waals surface area contributed by atoms with Crippen molar-refractivity contribution < 1.29 is 9.15 Å². The zero-order valence-electron chi connectivity index (χ0n) is 11.8. The summed E-state index contributed by atoms with van der Waals surface area (Å²) in [6.45, 7) is 7.61. The lowest BCUT2D eigenvalue weighted by Crippen LogP contribution is -2.13. The Labute approximate surface area is 122 Å². The predicted octanol–water partition coefficient (Wildman–Crippen LogP) is 3.39. The summed E-state index contributed by atoms with van der Waals surface area (Å²) >= 11 is 5.86. The topological polar surface area (TPSA) is 73.1 Å². The van der Waals surface area contributed by atoms with Gasteiger partial charge in [0.05, 0.1) is 12.1 Å². The van der Waals surface area contributed by atoms with Gasteiger partial charge in [0, 0.05) is 0 Å². The van der Waals surface area contributed by atoms with E-state index in [0.717, 1.165) is 11.5 Å². The van der Waals surface area contributed by atoms with Gasteiger partial charge in [0.2, 0.25) is 11.2 Å². The largest absolute Gasteiger partial charge is 0.464 e. The average molecular weight is 297 g/mol. The number of aryl methyl sites for hydroxylation is 1. The van der Waals surface area contributed by atoms with Gasteiger partial charge in [0.15, 0.2) is 0 Å². The zero-order valence-corrected chi connectivity index (χ0v) is 12.6. The molecule has 0 aliphatic heterocycles.